The van der Waals surface area contributed by atoms with Crippen molar-refractivity contribution in [2.75, 3.05) is 18.4 Å². The van der Waals surface area contributed by atoms with Gasteiger partial charge in [0.25, 0.3) is 5.91 Å². The highest BCUT2D eigenvalue weighted by Crippen LogP contribution is 2.24. The van der Waals surface area contributed by atoms with Gasteiger partial charge in [-0.1, -0.05) is 12.1 Å². The molecule has 1 aromatic carbocycles. The molecular formula is C16H17N3OS. The maximum atomic E-state index is 12.2. The Labute approximate surface area is 127 Å². The molecule has 0 spiro atoms. The van der Waals surface area contributed by atoms with E-state index in [0.29, 0.717) is 0 Å². The Bertz CT molecular complexity index is 712. The normalized spacial score (nSPS) is 13.7. The predicted molar refractivity (Wildman–Crippen MR) is 86.5 cm³/mol. The van der Waals surface area contributed by atoms with Crippen molar-refractivity contribution in [3.63, 3.8) is 0 Å². The van der Waals surface area contributed by atoms with Crippen LogP contribution in [0.1, 0.15) is 11.9 Å². The third-order valence-corrected chi connectivity index (χ3v) is 4.36. The van der Waals surface area contributed by atoms with Gasteiger partial charge in [0.05, 0.1) is 10.7 Å². The molecule has 5 heteroatoms. The number of nitrogens with zero attached hydrogens (tertiary/aromatic N) is 1. The van der Waals surface area contributed by atoms with Crippen LogP contribution in [-0.2, 0) is 4.79 Å². The van der Waals surface area contributed by atoms with Crippen molar-refractivity contribution in [3.8, 4) is 11.3 Å². The lowest BCUT2D eigenvalue weighted by atomic mass is 10.0. The second kappa shape index (κ2) is 5.79. The summed E-state index contributed by atoms with van der Waals surface area (Å²) in [6.07, 6.45) is 0. The number of rotatable bonds is 3. The van der Waals surface area contributed by atoms with Crippen molar-refractivity contribution in [1.29, 1.82) is 0 Å². The van der Waals surface area contributed by atoms with Crippen molar-refractivity contribution in [2.45, 2.75) is 13.8 Å². The molecule has 0 radical (unpaired) electrons. The fourth-order valence-corrected chi connectivity index (χ4v) is 2.77. The molecule has 3 rings (SSSR count). The van der Waals surface area contributed by atoms with E-state index in [4.69, 9.17) is 0 Å². The summed E-state index contributed by atoms with van der Waals surface area (Å²) in [5, 5.41) is 9.18. The SMILES string of the molecule is CC(C(=O)Nc1cccc(-c2csc(C)n2)c1)=C1CNC1. The average molecular weight is 299 g/mol. The smallest absolute Gasteiger partial charge is 0.251 e. The summed E-state index contributed by atoms with van der Waals surface area (Å²) in [4.78, 5) is 16.7. The van der Waals surface area contributed by atoms with E-state index in [1.54, 1.807) is 11.3 Å². The maximum absolute atomic E-state index is 12.2. The number of carbonyl (C=O) groups excluding carboxylic acids is 1. The third-order valence-electron chi connectivity index (χ3n) is 3.58. The van der Waals surface area contributed by atoms with E-state index in [9.17, 15) is 4.79 Å². The zero-order valence-electron chi connectivity index (χ0n) is 12.1. The molecule has 1 saturated heterocycles. The summed E-state index contributed by atoms with van der Waals surface area (Å²) in [5.74, 6) is -0.0295. The molecule has 4 nitrogen and oxygen atoms in total. The highest BCUT2D eigenvalue weighted by molar-refractivity contribution is 7.09. The second-order valence-electron chi connectivity index (χ2n) is 5.12. The first-order valence-corrected chi connectivity index (χ1v) is 7.75. The Morgan fingerprint density at radius 2 is 2.19 bits per heavy atom. The fraction of sp³-hybridized carbons (Fsp3) is 0.250. The van der Waals surface area contributed by atoms with Gasteiger partial charge in [-0.15, -0.1) is 11.3 Å². The van der Waals surface area contributed by atoms with Gasteiger partial charge in [-0.2, -0.15) is 0 Å². The van der Waals surface area contributed by atoms with Crippen LogP contribution in [0.3, 0.4) is 0 Å². The lowest BCUT2D eigenvalue weighted by molar-refractivity contribution is -0.112. The topological polar surface area (TPSA) is 54.0 Å². The summed E-state index contributed by atoms with van der Waals surface area (Å²) in [6, 6.07) is 7.80. The number of anilines is 1. The first-order valence-electron chi connectivity index (χ1n) is 6.87. The average Bonchev–Trinajstić information content (AvgIpc) is 2.84. The second-order valence-corrected chi connectivity index (χ2v) is 6.18. The zero-order valence-corrected chi connectivity index (χ0v) is 12.9. The summed E-state index contributed by atoms with van der Waals surface area (Å²) in [5.41, 5.74) is 4.76. The molecule has 1 aromatic heterocycles. The van der Waals surface area contributed by atoms with Crippen LogP contribution in [0, 0.1) is 6.92 Å². The molecule has 2 aromatic rings. The standard InChI is InChI=1S/C16H17N3OS/c1-10(13-7-17-8-13)16(20)19-14-5-3-4-12(6-14)15-9-21-11(2)18-15/h3-6,9,17H,7-8H2,1-2H3,(H,19,20). The van der Waals surface area contributed by atoms with Crippen molar-refractivity contribution < 1.29 is 4.79 Å². The number of thiazole rings is 1. The van der Waals surface area contributed by atoms with Crippen LogP contribution in [0.5, 0.6) is 0 Å². The Hall–Kier alpha value is -1.98. The molecule has 0 bridgehead atoms. The number of aryl methyl sites for hydroxylation is 1. The summed E-state index contributed by atoms with van der Waals surface area (Å²) >= 11 is 1.63. The fourth-order valence-electron chi connectivity index (χ4n) is 2.15. The largest absolute Gasteiger partial charge is 0.322 e. The Balaban J connectivity index is 1.79. The van der Waals surface area contributed by atoms with Gasteiger partial charge in [0, 0.05) is 35.3 Å². The minimum Gasteiger partial charge on any atom is -0.322 e. The molecule has 1 aliphatic heterocycles. The third kappa shape index (κ3) is 3.04. The molecule has 108 valence electrons. The Kier molecular flexibility index (Phi) is 3.86. The highest BCUT2D eigenvalue weighted by atomic mass is 32.1. The molecule has 2 heterocycles. The number of hydrogen-bond donors (Lipinski definition) is 2. The quantitative estimate of drug-likeness (QED) is 0.857. The minimum atomic E-state index is -0.0295. The predicted octanol–water partition coefficient (Wildman–Crippen LogP) is 2.98. The van der Waals surface area contributed by atoms with E-state index in [2.05, 4.69) is 15.6 Å². The Morgan fingerprint density at radius 1 is 1.38 bits per heavy atom. The van der Waals surface area contributed by atoms with Gasteiger partial charge in [-0.3, -0.25) is 4.79 Å². The lowest BCUT2D eigenvalue weighted by Crippen LogP contribution is -2.36. The van der Waals surface area contributed by atoms with Crippen LogP contribution < -0.4 is 10.6 Å². The van der Waals surface area contributed by atoms with Crippen LogP contribution in [0.15, 0.2) is 40.8 Å². The van der Waals surface area contributed by atoms with E-state index >= 15 is 0 Å². The highest BCUT2D eigenvalue weighted by Gasteiger charge is 2.16. The number of nitrogens with one attached hydrogen (secondary N) is 2. The molecule has 21 heavy (non-hydrogen) atoms. The van der Waals surface area contributed by atoms with E-state index < -0.39 is 0 Å². The minimum absolute atomic E-state index is 0.0295. The summed E-state index contributed by atoms with van der Waals surface area (Å²) in [7, 11) is 0. The molecule has 0 atom stereocenters. The van der Waals surface area contributed by atoms with Gasteiger partial charge in [0.1, 0.15) is 0 Å². The first-order chi connectivity index (χ1) is 10.1. The number of hydrogen-bond acceptors (Lipinski definition) is 4. The molecule has 0 aliphatic carbocycles. The zero-order chi connectivity index (χ0) is 14.8. The van der Waals surface area contributed by atoms with Gasteiger partial charge in [0.15, 0.2) is 0 Å². The molecule has 0 unspecified atom stereocenters. The number of carbonyl (C=O) groups is 1. The van der Waals surface area contributed by atoms with Crippen molar-refractivity contribution in [1.82, 2.24) is 10.3 Å². The van der Waals surface area contributed by atoms with E-state index in [0.717, 1.165) is 40.6 Å². The van der Waals surface area contributed by atoms with Crippen LogP contribution >= 0.6 is 11.3 Å². The van der Waals surface area contributed by atoms with Crippen LogP contribution in [0.2, 0.25) is 0 Å². The lowest BCUT2D eigenvalue weighted by Gasteiger charge is -2.21. The van der Waals surface area contributed by atoms with Gasteiger partial charge < -0.3 is 10.6 Å². The van der Waals surface area contributed by atoms with E-state index in [1.165, 1.54) is 5.57 Å². The number of amides is 1. The molecule has 1 aliphatic rings. The van der Waals surface area contributed by atoms with Crippen molar-refractivity contribution >= 4 is 22.9 Å². The van der Waals surface area contributed by atoms with Crippen molar-refractivity contribution in [2.24, 2.45) is 0 Å². The van der Waals surface area contributed by atoms with Gasteiger partial charge >= 0.3 is 0 Å². The first kappa shape index (κ1) is 14.0. The Morgan fingerprint density at radius 3 is 2.81 bits per heavy atom. The molecule has 1 fully saturated rings. The molecular weight excluding hydrogens is 282 g/mol. The van der Waals surface area contributed by atoms with Crippen LogP contribution in [0.25, 0.3) is 11.3 Å². The monoisotopic (exact) mass is 299 g/mol. The van der Waals surface area contributed by atoms with Crippen molar-refractivity contribution in [3.05, 3.63) is 45.8 Å². The summed E-state index contributed by atoms with van der Waals surface area (Å²) in [6.45, 7) is 5.50. The summed E-state index contributed by atoms with van der Waals surface area (Å²) < 4.78 is 0. The van der Waals surface area contributed by atoms with Crippen LogP contribution in [0.4, 0.5) is 5.69 Å². The number of benzene rings is 1. The van der Waals surface area contributed by atoms with E-state index in [1.807, 2.05) is 43.5 Å². The van der Waals surface area contributed by atoms with Gasteiger partial charge in [-0.25, -0.2) is 4.98 Å². The van der Waals surface area contributed by atoms with Gasteiger partial charge in [0.2, 0.25) is 0 Å². The van der Waals surface area contributed by atoms with Gasteiger partial charge in [-0.05, 0) is 31.6 Å². The maximum Gasteiger partial charge on any atom is 0.251 e. The number of aromatic nitrogens is 1. The molecule has 1 amide bonds. The molecule has 0 saturated carbocycles. The molecule has 2 N–H and O–H groups in total. The van der Waals surface area contributed by atoms with E-state index in [-0.39, 0.29) is 5.91 Å². The van der Waals surface area contributed by atoms with Crippen LogP contribution in [-0.4, -0.2) is 24.0 Å².